The van der Waals surface area contributed by atoms with Crippen molar-refractivity contribution in [2.75, 3.05) is 5.32 Å². The standard InChI is InChI=1S/C16H10F5NO/c17-11-6-10(7-12(18)15(11)16(19,20)21)8-1-3-13-9(5-8)2-4-14(23)22-13/h1,3,5-7H,2,4H2,(H,22,23). The van der Waals surface area contributed by atoms with Crippen LogP contribution in [0.5, 0.6) is 0 Å². The first-order valence-electron chi connectivity index (χ1n) is 6.75. The highest BCUT2D eigenvalue weighted by molar-refractivity contribution is 5.94. The van der Waals surface area contributed by atoms with Crippen molar-refractivity contribution in [2.24, 2.45) is 0 Å². The summed E-state index contributed by atoms with van der Waals surface area (Å²) in [5.41, 5.74) is -0.147. The Kier molecular flexibility index (Phi) is 3.58. The molecule has 0 radical (unpaired) electrons. The molecule has 0 spiro atoms. The van der Waals surface area contributed by atoms with Gasteiger partial charge in [0.25, 0.3) is 0 Å². The van der Waals surface area contributed by atoms with Crippen molar-refractivity contribution in [1.29, 1.82) is 0 Å². The van der Waals surface area contributed by atoms with E-state index >= 15 is 0 Å². The van der Waals surface area contributed by atoms with Gasteiger partial charge in [-0.1, -0.05) is 6.07 Å². The van der Waals surface area contributed by atoms with Crippen molar-refractivity contribution >= 4 is 11.6 Å². The van der Waals surface area contributed by atoms with E-state index in [0.29, 0.717) is 29.8 Å². The zero-order valence-corrected chi connectivity index (χ0v) is 11.6. The Morgan fingerprint density at radius 3 is 2.17 bits per heavy atom. The summed E-state index contributed by atoms with van der Waals surface area (Å²) >= 11 is 0. The molecule has 0 atom stereocenters. The van der Waals surface area contributed by atoms with Crippen LogP contribution in [0, 0.1) is 11.6 Å². The Morgan fingerprint density at radius 1 is 0.913 bits per heavy atom. The third-order valence-electron chi connectivity index (χ3n) is 3.66. The van der Waals surface area contributed by atoms with Crippen molar-refractivity contribution < 1.29 is 26.7 Å². The first kappa shape index (κ1) is 15.5. The van der Waals surface area contributed by atoms with Crippen LogP contribution in [-0.2, 0) is 17.4 Å². The summed E-state index contributed by atoms with van der Waals surface area (Å²) < 4.78 is 65.1. The first-order chi connectivity index (χ1) is 10.8. The van der Waals surface area contributed by atoms with E-state index in [0.717, 1.165) is 5.56 Å². The van der Waals surface area contributed by atoms with Crippen LogP contribution in [0.1, 0.15) is 17.5 Å². The lowest BCUT2D eigenvalue weighted by atomic mass is 9.96. The number of alkyl halides is 3. The van der Waals surface area contributed by atoms with Gasteiger partial charge in [0.1, 0.15) is 17.2 Å². The largest absolute Gasteiger partial charge is 0.422 e. The molecule has 0 saturated heterocycles. The number of hydrogen-bond acceptors (Lipinski definition) is 1. The Balaban J connectivity index is 2.05. The lowest BCUT2D eigenvalue weighted by molar-refractivity contribution is -0.142. The SMILES string of the molecule is O=C1CCc2cc(-c3cc(F)c(C(F)(F)F)c(F)c3)ccc2N1. The van der Waals surface area contributed by atoms with Crippen molar-refractivity contribution in [3.63, 3.8) is 0 Å². The lowest BCUT2D eigenvalue weighted by Gasteiger charge is -2.18. The minimum atomic E-state index is -5.09. The number of rotatable bonds is 1. The first-order valence-corrected chi connectivity index (χ1v) is 6.75. The molecule has 1 aliphatic heterocycles. The highest BCUT2D eigenvalue weighted by Gasteiger charge is 2.38. The van der Waals surface area contributed by atoms with E-state index in [1.54, 1.807) is 12.1 Å². The number of hydrogen-bond donors (Lipinski definition) is 1. The molecule has 2 aromatic rings. The predicted molar refractivity (Wildman–Crippen MR) is 73.7 cm³/mol. The molecule has 2 nitrogen and oxygen atoms in total. The average Bonchev–Trinajstić information content (AvgIpc) is 2.44. The number of halogens is 5. The number of carbonyl (C=O) groups is 1. The topological polar surface area (TPSA) is 29.1 Å². The van der Waals surface area contributed by atoms with Gasteiger partial charge in [-0.15, -0.1) is 0 Å². The summed E-state index contributed by atoms with van der Waals surface area (Å²) in [7, 11) is 0. The Morgan fingerprint density at radius 2 is 1.57 bits per heavy atom. The fourth-order valence-corrected chi connectivity index (χ4v) is 2.57. The van der Waals surface area contributed by atoms with Crippen LogP contribution in [0.2, 0.25) is 0 Å². The molecular formula is C16H10F5NO. The van der Waals surface area contributed by atoms with E-state index in [9.17, 15) is 26.7 Å². The van der Waals surface area contributed by atoms with Crippen molar-refractivity contribution in [1.82, 2.24) is 0 Å². The second-order valence-corrected chi connectivity index (χ2v) is 5.23. The van der Waals surface area contributed by atoms with Crippen LogP contribution in [0.25, 0.3) is 11.1 Å². The number of amides is 1. The number of anilines is 1. The molecule has 3 rings (SSSR count). The van der Waals surface area contributed by atoms with Gasteiger partial charge < -0.3 is 5.32 Å². The average molecular weight is 327 g/mol. The molecule has 1 heterocycles. The molecular weight excluding hydrogens is 317 g/mol. The highest BCUT2D eigenvalue weighted by Crippen LogP contribution is 2.36. The van der Waals surface area contributed by atoms with Crippen LogP contribution in [0.15, 0.2) is 30.3 Å². The molecule has 1 aliphatic rings. The van der Waals surface area contributed by atoms with E-state index in [2.05, 4.69) is 5.32 Å². The summed E-state index contributed by atoms with van der Waals surface area (Å²) in [6.07, 6.45) is -4.35. The molecule has 0 aliphatic carbocycles. The van der Waals surface area contributed by atoms with Gasteiger partial charge >= 0.3 is 6.18 Å². The second-order valence-electron chi connectivity index (χ2n) is 5.23. The number of benzene rings is 2. The van der Waals surface area contributed by atoms with E-state index in [1.807, 2.05) is 0 Å². The fourth-order valence-electron chi connectivity index (χ4n) is 2.57. The quantitative estimate of drug-likeness (QED) is 0.766. The van der Waals surface area contributed by atoms with E-state index in [-0.39, 0.29) is 17.9 Å². The minimum Gasteiger partial charge on any atom is -0.326 e. The summed E-state index contributed by atoms with van der Waals surface area (Å²) in [5.74, 6) is -3.44. The maximum atomic E-state index is 13.7. The van der Waals surface area contributed by atoms with E-state index < -0.39 is 23.4 Å². The maximum Gasteiger partial charge on any atom is 0.422 e. The summed E-state index contributed by atoms with van der Waals surface area (Å²) in [5, 5.41) is 2.65. The van der Waals surface area contributed by atoms with Crippen molar-refractivity contribution in [3.8, 4) is 11.1 Å². The highest BCUT2D eigenvalue weighted by atomic mass is 19.4. The predicted octanol–water partition coefficient (Wildman–Crippen LogP) is 4.54. The summed E-state index contributed by atoms with van der Waals surface area (Å²) in [4.78, 5) is 11.3. The van der Waals surface area contributed by atoms with Gasteiger partial charge in [-0.25, -0.2) is 8.78 Å². The number of fused-ring (bicyclic) bond motifs is 1. The zero-order valence-electron chi connectivity index (χ0n) is 11.6. The lowest BCUT2D eigenvalue weighted by Crippen LogP contribution is -2.18. The van der Waals surface area contributed by atoms with Crippen molar-refractivity contribution in [2.45, 2.75) is 19.0 Å². The summed E-state index contributed by atoms with van der Waals surface area (Å²) in [6, 6.07) is 5.99. The third-order valence-corrected chi connectivity index (χ3v) is 3.66. The van der Waals surface area contributed by atoms with Crippen LogP contribution >= 0.6 is 0 Å². The number of carbonyl (C=O) groups excluding carboxylic acids is 1. The van der Waals surface area contributed by atoms with Crippen LogP contribution in [0.3, 0.4) is 0 Å². The maximum absolute atomic E-state index is 13.7. The van der Waals surface area contributed by atoms with E-state index in [1.165, 1.54) is 6.07 Å². The molecule has 0 bridgehead atoms. The second kappa shape index (κ2) is 5.33. The minimum absolute atomic E-state index is 0.00713. The molecule has 2 aromatic carbocycles. The monoisotopic (exact) mass is 327 g/mol. The molecule has 1 N–H and O–H groups in total. The van der Waals surface area contributed by atoms with Gasteiger partial charge in [-0.3, -0.25) is 4.79 Å². The number of nitrogens with one attached hydrogen (secondary N) is 1. The summed E-state index contributed by atoms with van der Waals surface area (Å²) in [6.45, 7) is 0. The normalized spacial score (nSPS) is 14.4. The van der Waals surface area contributed by atoms with Gasteiger partial charge in [-0.05, 0) is 47.4 Å². The molecule has 7 heteroatoms. The van der Waals surface area contributed by atoms with Gasteiger partial charge in [0.05, 0.1) is 0 Å². The zero-order chi connectivity index (χ0) is 16.8. The van der Waals surface area contributed by atoms with Gasteiger partial charge in [0.15, 0.2) is 0 Å². The number of aryl methyl sites for hydroxylation is 1. The third kappa shape index (κ3) is 2.91. The molecule has 0 aromatic heterocycles. The van der Waals surface area contributed by atoms with Crippen LogP contribution in [-0.4, -0.2) is 5.91 Å². The van der Waals surface area contributed by atoms with Gasteiger partial charge in [-0.2, -0.15) is 13.2 Å². The van der Waals surface area contributed by atoms with Crippen LogP contribution in [0.4, 0.5) is 27.6 Å². The molecule has 0 saturated carbocycles. The molecule has 0 unspecified atom stereocenters. The van der Waals surface area contributed by atoms with Gasteiger partial charge in [0, 0.05) is 12.1 Å². The Bertz CT molecular complexity index is 775. The van der Waals surface area contributed by atoms with Crippen LogP contribution < -0.4 is 5.32 Å². The molecule has 1 amide bonds. The Hall–Kier alpha value is -2.44. The smallest absolute Gasteiger partial charge is 0.326 e. The molecule has 120 valence electrons. The molecule has 23 heavy (non-hydrogen) atoms. The van der Waals surface area contributed by atoms with Crippen molar-refractivity contribution in [3.05, 3.63) is 53.1 Å². The van der Waals surface area contributed by atoms with E-state index in [4.69, 9.17) is 0 Å². The van der Waals surface area contributed by atoms with Gasteiger partial charge in [0.2, 0.25) is 5.91 Å². The Labute approximate surface area is 127 Å². The molecule has 0 fully saturated rings. The fraction of sp³-hybridized carbons (Fsp3) is 0.188.